The quantitative estimate of drug-likeness (QED) is 0.720. The van der Waals surface area contributed by atoms with Crippen LogP contribution >= 0.6 is 11.3 Å². The number of ether oxygens (including phenoxy) is 1. The molecular formula is C18H20N4O4S. The summed E-state index contributed by atoms with van der Waals surface area (Å²) < 4.78 is 5.10. The van der Waals surface area contributed by atoms with Gasteiger partial charge in [-0.2, -0.15) is 0 Å². The van der Waals surface area contributed by atoms with Gasteiger partial charge < -0.3 is 15.0 Å². The number of pyridine rings is 1. The SMILES string of the molecule is Cc1nc(-c2ccccn2)sc1C(=O)OCC(=O)N(C)CC(=O)NC1CC1. The number of thiazole rings is 1. The Morgan fingerprint density at radius 2 is 2.11 bits per heavy atom. The molecule has 9 heteroatoms. The molecule has 0 aliphatic heterocycles. The van der Waals surface area contributed by atoms with Gasteiger partial charge in [0, 0.05) is 19.3 Å². The largest absolute Gasteiger partial charge is 0.451 e. The van der Waals surface area contributed by atoms with Crippen molar-refractivity contribution >= 4 is 29.1 Å². The molecule has 0 atom stereocenters. The molecular weight excluding hydrogens is 368 g/mol. The summed E-state index contributed by atoms with van der Waals surface area (Å²) in [7, 11) is 1.50. The second-order valence-electron chi connectivity index (χ2n) is 6.32. The summed E-state index contributed by atoms with van der Waals surface area (Å²) >= 11 is 1.17. The minimum atomic E-state index is -0.614. The molecule has 0 unspecified atom stereocenters. The minimum absolute atomic E-state index is 0.0592. The Kier molecular flexibility index (Phi) is 5.80. The second kappa shape index (κ2) is 8.26. The van der Waals surface area contributed by atoms with Crippen molar-refractivity contribution in [2.24, 2.45) is 0 Å². The molecule has 1 N–H and O–H groups in total. The average molecular weight is 388 g/mol. The van der Waals surface area contributed by atoms with Crippen molar-refractivity contribution < 1.29 is 19.1 Å². The fraction of sp³-hybridized carbons (Fsp3) is 0.389. The third kappa shape index (κ3) is 5.10. The zero-order chi connectivity index (χ0) is 19.4. The van der Waals surface area contributed by atoms with Gasteiger partial charge in [0.25, 0.3) is 5.91 Å². The van der Waals surface area contributed by atoms with E-state index in [0.717, 1.165) is 12.8 Å². The summed E-state index contributed by atoms with van der Waals surface area (Å²) in [5.41, 5.74) is 1.19. The monoisotopic (exact) mass is 388 g/mol. The predicted octanol–water partition coefficient (Wildman–Crippen LogP) is 1.41. The van der Waals surface area contributed by atoms with Crippen LogP contribution in [0.5, 0.6) is 0 Å². The van der Waals surface area contributed by atoms with Gasteiger partial charge in [0.1, 0.15) is 9.88 Å². The molecule has 3 rings (SSSR count). The third-order valence-electron chi connectivity index (χ3n) is 3.94. The van der Waals surface area contributed by atoms with Crippen molar-refractivity contribution in [3.05, 3.63) is 35.0 Å². The number of rotatable bonds is 7. The lowest BCUT2D eigenvalue weighted by molar-refractivity contribution is -0.137. The zero-order valence-corrected chi connectivity index (χ0v) is 15.9. The molecule has 2 aromatic rings. The summed E-state index contributed by atoms with van der Waals surface area (Å²) in [6.45, 7) is 1.22. The molecule has 0 spiro atoms. The molecule has 142 valence electrons. The number of carbonyl (C=O) groups excluding carboxylic acids is 3. The molecule has 1 fully saturated rings. The highest BCUT2D eigenvalue weighted by molar-refractivity contribution is 7.17. The van der Waals surface area contributed by atoms with E-state index in [1.807, 2.05) is 6.07 Å². The number of nitrogens with one attached hydrogen (secondary N) is 1. The first kappa shape index (κ1) is 19.0. The molecule has 0 radical (unpaired) electrons. The number of likely N-dealkylation sites (N-methyl/N-ethyl adjacent to an activating group) is 1. The van der Waals surface area contributed by atoms with Crippen LogP contribution in [0.3, 0.4) is 0 Å². The van der Waals surface area contributed by atoms with Gasteiger partial charge in [-0.3, -0.25) is 14.6 Å². The molecule has 1 aliphatic rings. The van der Waals surface area contributed by atoms with E-state index in [1.54, 1.807) is 25.3 Å². The maximum absolute atomic E-state index is 12.3. The number of aromatic nitrogens is 2. The number of aryl methyl sites for hydroxylation is 1. The number of nitrogens with zero attached hydrogens (tertiary/aromatic N) is 3. The van der Waals surface area contributed by atoms with E-state index in [4.69, 9.17) is 4.74 Å². The summed E-state index contributed by atoms with van der Waals surface area (Å²) in [5.74, 6) is -1.27. The molecule has 2 amide bonds. The number of carbonyl (C=O) groups is 3. The lowest BCUT2D eigenvalue weighted by Gasteiger charge is -2.16. The fourth-order valence-electron chi connectivity index (χ4n) is 2.29. The van der Waals surface area contributed by atoms with Crippen LogP contribution in [0.4, 0.5) is 0 Å². The van der Waals surface area contributed by atoms with Crippen LogP contribution in [0.25, 0.3) is 10.7 Å². The Hall–Kier alpha value is -2.81. The van der Waals surface area contributed by atoms with Crippen LogP contribution in [0, 0.1) is 6.92 Å². The lowest BCUT2D eigenvalue weighted by atomic mass is 10.3. The normalized spacial score (nSPS) is 13.1. The summed E-state index contributed by atoms with van der Waals surface area (Å²) in [5, 5.41) is 3.41. The van der Waals surface area contributed by atoms with Crippen LogP contribution in [0.2, 0.25) is 0 Å². The van der Waals surface area contributed by atoms with Crippen LogP contribution in [-0.4, -0.2) is 58.9 Å². The van der Waals surface area contributed by atoms with Crippen molar-refractivity contribution in [3.63, 3.8) is 0 Å². The molecule has 0 aromatic carbocycles. The Bertz CT molecular complexity index is 848. The molecule has 8 nitrogen and oxygen atoms in total. The van der Waals surface area contributed by atoms with Crippen LogP contribution < -0.4 is 5.32 Å². The van der Waals surface area contributed by atoms with Gasteiger partial charge in [-0.05, 0) is 31.9 Å². The van der Waals surface area contributed by atoms with Gasteiger partial charge in [0.05, 0.1) is 17.9 Å². The topological polar surface area (TPSA) is 101 Å². The number of amides is 2. The van der Waals surface area contributed by atoms with Crippen LogP contribution in [-0.2, 0) is 14.3 Å². The third-order valence-corrected chi connectivity index (χ3v) is 5.10. The van der Waals surface area contributed by atoms with Gasteiger partial charge in [-0.1, -0.05) is 6.07 Å². The molecule has 1 saturated carbocycles. The van der Waals surface area contributed by atoms with Gasteiger partial charge in [-0.15, -0.1) is 11.3 Å². The first-order valence-corrected chi connectivity index (χ1v) is 9.35. The summed E-state index contributed by atoms with van der Waals surface area (Å²) in [6.07, 6.45) is 3.61. The predicted molar refractivity (Wildman–Crippen MR) is 99.2 cm³/mol. The van der Waals surface area contributed by atoms with Crippen molar-refractivity contribution in [2.45, 2.75) is 25.8 Å². The van der Waals surface area contributed by atoms with Gasteiger partial charge in [-0.25, -0.2) is 9.78 Å². The summed E-state index contributed by atoms with van der Waals surface area (Å²) in [4.78, 5) is 46.2. The van der Waals surface area contributed by atoms with E-state index in [2.05, 4.69) is 15.3 Å². The maximum Gasteiger partial charge on any atom is 0.350 e. The second-order valence-corrected chi connectivity index (χ2v) is 7.32. The van der Waals surface area contributed by atoms with Crippen molar-refractivity contribution in [2.75, 3.05) is 20.2 Å². The highest BCUT2D eigenvalue weighted by Crippen LogP contribution is 2.26. The highest BCUT2D eigenvalue weighted by Gasteiger charge is 2.25. The summed E-state index contributed by atoms with van der Waals surface area (Å²) in [6, 6.07) is 5.68. The fourth-order valence-corrected chi connectivity index (χ4v) is 3.23. The van der Waals surface area contributed by atoms with E-state index in [9.17, 15) is 14.4 Å². The van der Waals surface area contributed by atoms with Crippen molar-refractivity contribution in [1.82, 2.24) is 20.2 Å². The van der Waals surface area contributed by atoms with E-state index in [0.29, 0.717) is 21.3 Å². The van der Waals surface area contributed by atoms with E-state index < -0.39 is 18.5 Å². The Labute approximate surface area is 160 Å². The first-order chi connectivity index (χ1) is 12.9. The van der Waals surface area contributed by atoms with Gasteiger partial charge in [0.15, 0.2) is 6.61 Å². The number of hydrogen-bond donors (Lipinski definition) is 1. The van der Waals surface area contributed by atoms with Gasteiger partial charge >= 0.3 is 5.97 Å². The van der Waals surface area contributed by atoms with E-state index in [1.165, 1.54) is 23.3 Å². The first-order valence-electron chi connectivity index (χ1n) is 8.53. The van der Waals surface area contributed by atoms with Gasteiger partial charge in [0.2, 0.25) is 5.91 Å². The zero-order valence-electron chi connectivity index (χ0n) is 15.1. The molecule has 0 saturated heterocycles. The van der Waals surface area contributed by atoms with E-state index in [-0.39, 0.29) is 18.5 Å². The number of hydrogen-bond acceptors (Lipinski definition) is 7. The Balaban J connectivity index is 1.53. The van der Waals surface area contributed by atoms with Crippen LogP contribution in [0.1, 0.15) is 28.2 Å². The highest BCUT2D eigenvalue weighted by atomic mass is 32.1. The standard InChI is InChI=1S/C18H20N4O4S/c1-11-16(27-17(20-11)13-5-3-4-8-19-13)18(25)26-10-15(24)22(2)9-14(23)21-12-6-7-12/h3-5,8,12H,6-7,9-10H2,1-2H3,(H,21,23). The van der Waals surface area contributed by atoms with E-state index >= 15 is 0 Å². The molecule has 2 aromatic heterocycles. The molecule has 2 heterocycles. The Morgan fingerprint density at radius 1 is 1.33 bits per heavy atom. The lowest BCUT2D eigenvalue weighted by Crippen LogP contribution is -2.40. The molecule has 0 bridgehead atoms. The Morgan fingerprint density at radius 3 is 2.78 bits per heavy atom. The smallest absolute Gasteiger partial charge is 0.350 e. The maximum atomic E-state index is 12.3. The average Bonchev–Trinajstić information content (AvgIpc) is 3.38. The number of esters is 1. The minimum Gasteiger partial charge on any atom is -0.451 e. The van der Waals surface area contributed by atoms with Crippen LogP contribution in [0.15, 0.2) is 24.4 Å². The van der Waals surface area contributed by atoms with Crippen molar-refractivity contribution in [3.8, 4) is 10.7 Å². The molecule has 27 heavy (non-hydrogen) atoms. The van der Waals surface area contributed by atoms with Crippen molar-refractivity contribution in [1.29, 1.82) is 0 Å². The molecule has 1 aliphatic carbocycles.